The third kappa shape index (κ3) is 4.88. The van der Waals surface area contributed by atoms with Gasteiger partial charge in [0.25, 0.3) is 0 Å². The molecule has 0 spiro atoms. The van der Waals surface area contributed by atoms with Crippen LogP contribution in [0.3, 0.4) is 0 Å². The second kappa shape index (κ2) is 12.8. The van der Waals surface area contributed by atoms with Crippen molar-refractivity contribution in [1.29, 1.82) is 0 Å². The lowest BCUT2D eigenvalue weighted by atomic mass is 9.94. The Morgan fingerprint density at radius 3 is 1.27 bits per heavy atom. The predicted octanol–water partition coefficient (Wildman–Crippen LogP) is 15.8. The molecular weight excluding hydrogens is 725 g/mol. The fraction of sp³-hybridized carbons (Fsp3) is 0. The maximum atomic E-state index is 2.47. The van der Waals surface area contributed by atoms with Gasteiger partial charge in [-0.2, -0.15) is 0 Å². The maximum absolute atomic E-state index is 2.47. The second-order valence-electron chi connectivity index (χ2n) is 16.1. The maximum Gasteiger partial charge on any atom is 0.0547 e. The highest BCUT2D eigenvalue weighted by Crippen LogP contribution is 2.41. The van der Waals surface area contributed by atoms with E-state index in [9.17, 15) is 0 Å². The van der Waals surface area contributed by atoms with Gasteiger partial charge in [-0.1, -0.05) is 152 Å². The highest BCUT2D eigenvalue weighted by atomic mass is 15.0. The summed E-state index contributed by atoms with van der Waals surface area (Å²) in [5, 5.41) is 15.2. The second-order valence-corrected chi connectivity index (χ2v) is 16.1. The average molecular weight is 761 g/mol. The summed E-state index contributed by atoms with van der Waals surface area (Å²) in [5.74, 6) is 0. The number of aromatic nitrogens is 2. The van der Waals surface area contributed by atoms with Crippen LogP contribution in [0, 0.1) is 0 Å². The summed E-state index contributed by atoms with van der Waals surface area (Å²) in [6.45, 7) is 0. The molecule has 0 saturated heterocycles. The lowest BCUT2D eigenvalue weighted by Crippen LogP contribution is -1.95. The summed E-state index contributed by atoms with van der Waals surface area (Å²) in [6.07, 6.45) is 0. The molecule has 0 saturated carbocycles. The Kier molecular flexibility index (Phi) is 7.05. The molecule has 60 heavy (non-hydrogen) atoms. The van der Waals surface area contributed by atoms with Crippen LogP contribution in [0.1, 0.15) is 0 Å². The van der Waals surface area contributed by atoms with Gasteiger partial charge in [0, 0.05) is 32.9 Å². The Hall–Kier alpha value is -7.94. The molecule has 278 valence electrons. The van der Waals surface area contributed by atoms with E-state index in [4.69, 9.17) is 0 Å². The zero-order chi connectivity index (χ0) is 39.3. The SMILES string of the molecule is c1ccc(-n2c3ccccc3c3cc(-c4ccc(-c5ccc6c(c5)c5cc7ccccc7cc5n6-c5ccc6c7ccccc7c7ccccc7c6c5)cc4)ccc32)cc1. The van der Waals surface area contributed by atoms with E-state index in [-0.39, 0.29) is 0 Å². The molecule has 0 bridgehead atoms. The summed E-state index contributed by atoms with van der Waals surface area (Å²) in [7, 11) is 0. The molecule has 0 aliphatic carbocycles. The van der Waals surface area contributed by atoms with Gasteiger partial charge >= 0.3 is 0 Å². The minimum atomic E-state index is 1.17. The van der Waals surface area contributed by atoms with E-state index < -0.39 is 0 Å². The van der Waals surface area contributed by atoms with E-state index in [0.29, 0.717) is 0 Å². The van der Waals surface area contributed by atoms with Crippen molar-refractivity contribution in [2.24, 2.45) is 0 Å². The number of hydrogen-bond acceptors (Lipinski definition) is 0. The first-order chi connectivity index (χ1) is 29.7. The highest BCUT2D eigenvalue weighted by Gasteiger charge is 2.18. The number of para-hydroxylation sites is 2. The standard InChI is InChI=1S/C58H36N2/c1-2-14-43(15-3-1)59-55-21-11-10-20-50(55)52-33-41(26-30-56(52)59)37-22-24-38(25-23-37)42-27-31-57-53(34-42)54-32-39-12-4-5-13-40(39)35-58(54)60(57)44-28-29-49-47-18-7-6-16-45(47)46-17-8-9-19-48(46)51(49)36-44/h1-36H. The summed E-state index contributed by atoms with van der Waals surface area (Å²) in [5.41, 5.74) is 12.0. The van der Waals surface area contributed by atoms with Crippen LogP contribution in [0.15, 0.2) is 218 Å². The van der Waals surface area contributed by atoms with Crippen molar-refractivity contribution >= 4 is 86.7 Å². The number of fused-ring (bicyclic) bond motifs is 13. The Balaban J connectivity index is 0.950. The van der Waals surface area contributed by atoms with Crippen molar-refractivity contribution in [3.8, 4) is 33.6 Å². The lowest BCUT2D eigenvalue weighted by Gasteiger charge is -2.14. The van der Waals surface area contributed by atoms with Gasteiger partial charge in [0.05, 0.1) is 22.1 Å². The zero-order valence-corrected chi connectivity index (χ0v) is 32.7. The van der Waals surface area contributed by atoms with Crippen LogP contribution in [0.5, 0.6) is 0 Å². The smallest absolute Gasteiger partial charge is 0.0547 e. The van der Waals surface area contributed by atoms with E-state index in [0.717, 1.165) is 0 Å². The molecule has 0 N–H and O–H groups in total. The highest BCUT2D eigenvalue weighted by molar-refractivity contribution is 6.26. The summed E-state index contributed by atoms with van der Waals surface area (Å²) in [4.78, 5) is 0. The molecule has 2 heterocycles. The largest absolute Gasteiger partial charge is 0.309 e. The van der Waals surface area contributed by atoms with Crippen LogP contribution >= 0.6 is 0 Å². The van der Waals surface area contributed by atoms with Gasteiger partial charge in [-0.05, 0) is 132 Å². The molecule has 0 radical (unpaired) electrons. The van der Waals surface area contributed by atoms with Gasteiger partial charge < -0.3 is 9.13 Å². The Morgan fingerprint density at radius 1 is 0.200 bits per heavy atom. The fourth-order valence-electron chi connectivity index (χ4n) is 10.1. The first-order valence-corrected chi connectivity index (χ1v) is 20.8. The van der Waals surface area contributed by atoms with Crippen LogP contribution < -0.4 is 0 Å². The van der Waals surface area contributed by atoms with Gasteiger partial charge in [0.15, 0.2) is 0 Å². The summed E-state index contributed by atoms with van der Waals surface area (Å²) >= 11 is 0. The topological polar surface area (TPSA) is 9.86 Å². The van der Waals surface area contributed by atoms with Crippen molar-refractivity contribution in [1.82, 2.24) is 9.13 Å². The molecule has 2 aromatic heterocycles. The van der Waals surface area contributed by atoms with Crippen LogP contribution in [0.2, 0.25) is 0 Å². The monoisotopic (exact) mass is 760 g/mol. The van der Waals surface area contributed by atoms with Crippen LogP contribution in [-0.4, -0.2) is 9.13 Å². The molecule has 2 nitrogen and oxygen atoms in total. The van der Waals surface area contributed by atoms with Crippen LogP contribution in [-0.2, 0) is 0 Å². The van der Waals surface area contributed by atoms with E-state index in [2.05, 4.69) is 228 Å². The van der Waals surface area contributed by atoms with Crippen LogP contribution in [0.4, 0.5) is 0 Å². The van der Waals surface area contributed by atoms with Gasteiger partial charge in [-0.15, -0.1) is 0 Å². The predicted molar refractivity (Wildman–Crippen MR) is 256 cm³/mol. The van der Waals surface area contributed by atoms with E-state index in [1.165, 1.54) is 120 Å². The third-order valence-electron chi connectivity index (χ3n) is 12.9. The summed E-state index contributed by atoms with van der Waals surface area (Å²) in [6, 6.07) is 80.6. The molecular formula is C58H36N2. The Labute approximate surface area is 346 Å². The third-order valence-corrected chi connectivity index (χ3v) is 12.9. The van der Waals surface area contributed by atoms with Gasteiger partial charge in [-0.3, -0.25) is 0 Å². The molecule has 0 aliphatic rings. The van der Waals surface area contributed by atoms with Crippen LogP contribution in [0.25, 0.3) is 120 Å². The first kappa shape index (κ1) is 33.1. The molecule has 13 rings (SSSR count). The van der Waals surface area contributed by atoms with E-state index in [1.54, 1.807) is 0 Å². The molecule has 0 amide bonds. The molecule has 0 unspecified atom stereocenters. The number of benzene rings is 11. The molecule has 13 aromatic rings. The van der Waals surface area contributed by atoms with Crippen molar-refractivity contribution < 1.29 is 0 Å². The Morgan fingerprint density at radius 2 is 0.633 bits per heavy atom. The zero-order valence-electron chi connectivity index (χ0n) is 32.7. The number of nitrogens with zero attached hydrogens (tertiary/aromatic N) is 2. The van der Waals surface area contributed by atoms with Crippen molar-refractivity contribution in [3.63, 3.8) is 0 Å². The minimum absolute atomic E-state index is 1.17. The first-order valence-electron chi connectivity index (χ1n) is 20.8. The van der Waals surface area contributed by atoms with Crippen molar-refractivity contribution in [2.45, 2.75) is 0 Å². The van der Waals surface area contributed by atoms with Gasteiger partial charge in [-0.25, -0.2) is 0 Å². The van der Waals surface area contributed by atoms with Crippen molar-refractivity contribution in [2.75, 3.05) is 0 Å². The molecule has 0 aliphatic heterocycles. The normalized spacial score (nSPS) is 12.0. The van der Waals surface area contributed by atoms with E-state index >= 15 is 0 Å². The molecule has 0 atom stereocenters. The minimum Gasteiger partial charge on any atom is -0.309 e. The number of rotatable bonds is 4. The van der Waals surface area contributed by atoms with Gasteiger partial charge in [0.1, 0.15) is 0 Å². The van der Waals surface area contributed by atoms with E-state index in [1.807, 2.05) is 0 Å². The molecule has 2 heteroatoms. The summed E-state index contributed by atoms with van der Waals surface area (Å²) < 4.78 is 4.84. The number of hydrogen-bond donors (Lipinski definition) is 0. The lowest BCUT2D eigenvalue weighted by molar-refractivity contribution is 1.18. The van der Waals surface area contributed by atoms with Gasteiger partial charge in [0.2, 0.25) is 0 Å². The fourth-order valence-corrected chi connectivity index (χ4v) is 10.1. The van der Waals surface area contributed by atoms with Crippen molar-refractivity contribution in [3.05, 3.63) is 218 Å². The molecule has 11 aromatic carbocycles. The quantitative estimate of drug-likeness (QED) is 0.158. The Bertz CT molecular complexity index is 3830. The average Bonchev–Trinajstić information content (AvgIpc) is 3.82. The molecule has 0 fully saturated rings.